The molecule has 4 nitrogen and oxygen atoms in total. The van der Waals surface area contributed by atoms with Crippen molar-refractivity contribution in [3.63, 3.8) is 0 Å². The summed E-state index contributed by atoms with van der Waals surface area (Å²) < 4.78 is 0. The van der Waals surface area contributed by atoms with Crippen molar-refractivity contribution in [3.05, 3.63) is 18.3 Å². The van der Waals surface area contributed by atoms with E-state index >= 15 is 0 Å². The zero-order chi connectivity index (χ0) is 12.0. The molecule has 90 valence electrons. The molecule has 0 fully saturated rings. The second-order valence-electron chi connectivity index (χ2n) is 4.15. The average molecular weight is 223 g/mol. The fourth-order valence-corrected chi connectivity index (χ4v) is 1.28. The fraction of sp³-hybridized carbons (Fsp3) is 0.583. The molecule has 1 aromatic heterocycles. The second kappa shape index (κ2) is 6.33. The van der Waals surface area contributed by atoms with Crippen molar-refractivity contribution in [1.29, 1.82) is 0 Å². The molecule has 3 N–H and O–H groups in total. The third kappa shape index (κ3) is 4.06. The zero-order valence-electron chi connectivity index (χ0n) is 10.2. The summed E-state index contributed by atoms with van der Waals surface area (Å²) in [6.07, 6.45) is 1.43. The summed E-state index contributed by atoms with van der Waals surface area (Å²) in [6.45, 7) is 7.45. The number of aromatic nitrogens is 1. The van der Waals surface area contributed by atoms with Gasteiger partial charge in [0.1, 0.15) is 5.82 Å². The summed E-state index contributed by atoms with van der Waals surface area (Å²) in [5.41, 5.74) is 0.977. The van der Waals surface area contributed by atoms with Crippen LogP contribution in [0.1, 0.15) is 20.8 Å². The molecule has 1 heterocycles. The van der Waals surface area contributed by atoms with Gasteiger partial charge in [-0.15, -0.1) is 0 Å². The first-order valence-electron chi connectivity index (χ1n) is 5.75. The Morgan fingerprint density at radius 3 is 2.75 bits per heavy atom. The number of hydrogen-bond donors (Lipinski definition) is 3. The molecule has 0 aliphatic carbocycles. The van der Waals surface area contributed by atoms with Gasteiger partial charge in [-0.1, -0.05) is 13.8 Å². The van der Waals surface area contributed by atoms with Crippen LogP contribution in [0.4, 0.5) is 11.5 Å². The summed E-state index contributed by atoms with van der Waals surface area (Å²) in [6, 6.07) is 3.84. The highest BCUT2D eigenvalue weighted by Gasteiger charge is 2.08. The molecule has 0 radical (unpaired) electrons. The Hall–Kier alpha value is -1.29. The van der Waals surface area contributed by atoms with Gasteiger partial charge in [-0.2, -0.15) is 0 Å². The molecule has 0 aromatic carbocycles. The van der Waals surface area contributed by atoms with Crippen LogP contribution in [-0.2, 0) is 0 Å². The van der Waals surface area contributed by atoms with Gasteiger partial charge in [-0.05, 0) is 18.9 Å². The van der Waals surface area contributed by atoms with E-state index in [-0.39, 0.29) is 12.0 Å². The maximum absolute atomic E-state index is 9.67. The molecule has 0 spiro atoms. The van der Waals surface area contributed by atoms with Crippen LogP contribution in [0.2, 0.25) is 0 Å². The number of rotatable bonds is 6. The van der Waals surface area contributed by atoms with Crippen LogP contribution in [0, 0.1) is 5.92 Å². The lowest BCUT2D eigenvalue weighted by atomic mass is 10.1. The minimum atomic E-state index is -0.323. The summed E-state index contributed by atoms with van der Waals surface area (Å²) in [5, 5.41) is 16.0. The molecule has 16 heavy (non-hydrogen) atoms. The Morgan fingerprint density at radius 1 is 1.38 bits per heavy atom. The lowest BCUT2D eigenvalue weighted by Crippen LogP contribution is -2.24. The second-order valence-corrected chi connectivity index (χ2v) is 4.15. The lowest BCUT2D eigenvalue weighted by molar-refractivity contribution is 0.138. The van der Waals surface area contributed by atoms with E-state index in [1.807, 2.05) is 32.9 Å². The SMILES string of the molecule is CCNc1cc(NCC(O)C(C)C)ccn1. The predicted octanol–water partition coefficient (Wildman–Crippen LogP) is 1.94. The zero-order valence-corrected chi connectivity index (χ0v) is 10.2. The van der Waals surface area contributed by atoms with Crippen molar-refractivity contribution in [1.82, 2.24) is 4.98 Å². The molecule has 1 atom stereocenters. The maximum Gasteiger partial charge on any atom is 0.127 e. The third-order valence-electron chi connectivity index (χ3n) is 2.40. The molecule has 4 heteroatoms. The monoisotopic (exact) mass is 223 g/mol. The molecule has 0 saturated carbocycles. The molecule has 0 saturated heterocycles. The number of nitrogens with zero attached hydrogens (tertiary/aromatic N) is 1. The normalized spacial score (nSPS) is 12.6. The van der Waals surface area contributed by atoms with Crippen molar-refractivity contribution in [2.45, 2.75) is 26.9 Å². The minimum Gasteiger partial charge on any atom is -0.391 e. The molecule has 1 unspecified atom stereocenters. The van der Waals surface area contributed by atoms with Crippen molar-refractivity contribution >= 4 is 11.5 Å². The number of anilines is 2. The van der Waals surface area contributed by atoms with E-state index in [1.165, 1.54) is 0 Å². The summed E-state index contributed by atoms with van der Waals surface area (Å²) in [4.78, 5) is 4.18. The van der Waals surface area contributed by atoms with Crippen LogP contribution in [0.5, 0.6) is 0 Å². The first-order chi connectivity index (χ1) is 7.63. The van der Waals surface area contributed by atoms with Gasteiger partial charge in [0, 0.05) is 31.0 Å². The summed E-state index contributed by atoms with van der Waals surface area (Å²) >= 11 is 0. The largest absolute Gasteiger partial charge is 0.391 e. The molecule has 0 aliphatic heterocycles. The van der Waals surface area contributed by atoms with Crippen molar-refractivity contribution in [2.24, 2.45) is 5.92 Å². The number of pyridine rings is 1. The highest BCUT2D eigenvalue weighted by molar-refractivity contribution is 5.51. The molecule has 0 bridgehead atoms. The molecule has 0 aliphatic rings. The molecule has 1 rings (SSSR count). The van der Waals surface area contributed by atoms with Gasteiger partial charge >= 0.3 is 0 Å². The summed E-state index contributed by atoms with van der Waals surface area (Å²) in [7, 11) is 0. The van der Waals surface area contributed by atoms with Crippen LogP contribution in [0.25, 0.3) is 0 Å². The minimum absolute atomic E-state index is 0.266. The maximum atomic E-state index is 9.67. The summed E-state index contributed by atoms with van der Waals surface area (Å²) in [5.74, 6) is 1.12. The van der Waals surface area contributed by atoms with Crippen LogP contribution in [-0.4, -0.2) is 29.3 Å². The number of hydrogen-bond acceptors (Lipinski definition) is 4. The third-order valence-corrected chi connectivity index (χ3v) is 2.40. The fourth-order valence-electron chi connectivity index (χ4n) is 1.28. The van der Waals surface area contributed by atoms with Crippen molar-refractivity contribution in [2.75, 3.05) is 23.7 Å². The topological polar surface area (TPSA) is 57.2 Å². The van der Waals surface area contributed by atoms with Crippen LogP contribution in [0.3, 0.4) is 0 Å². The number of aliphatic hydroxyl groups excluding tert-OH is 1. The van der Waals surface area contributed by atoms with Crippen LogP contribution in [0.15, 0.2) is 18.3 Å². The van der Waals surface area contributed by atoms with Gasteiger partial charge in [-0.3, -0.25) is 0 Å². The van der Waals surface area contributed by atoms with E-state index in [2.05, 4.69) is 15.6 Å². The molecule has 1 aromatic rings. The van der Waals surface area contributed by atoms with E-state index in [1.54, 1.807) is 6.20 Å². The number of nitrogens with one attached hydrogen (secondary N) is 2. The van der Waals surface area contributed by atoms with Crippen molar-refractivity contribution < 1.29 is 5.11 Å². The lowest BCUT2D eigenvalue weighted by Gasteiger charge is -2.16. The molecule has 0 amide bonds. The molecular formula is C12H21N3O. The Bertz CT molecular complexity index is 315. The number of aliphatic hydroxyl groups is 1. The van der Waals surface area contributed by atoms with E-state index in [4.69, 9.17) is 0 Å². The predicted molar refractivity (Wildman–Crippen MR) is 67.7 cm³/mol. The van der Waals surface area contributed by atoms with Gasteiger partial charge in [0.15, 0.2) is 0 Å². The quantitative estimate of drug-likeness (QED) is 0.690. The van der Waals surface area contributed by atoms with Crippen molar-refractivity contribution in [3.8, 4) is 0 Å². The average Bonchev–Trinajstić information content (AvgIpc) is 2.26. The van der Waals surface area contributed by atoms with Gasteiger partial charge < -0.3 is 15.7 Å². The molecular weight excluding hydrogens is 202 g/mol. The Balaban J connectivity index is 2.50. The van der Waals surface area contributed by atoms with Crippen LogP contribution >= 0.6 is 0 Å². The van der Waals surface area contributed by atoms with Crippen LogP contribution < -0.4 is 10.6 Å². The van der Waals surface area contributed by atoms with E-state index in [0.717, 1.165) is 18.1 Å². The first-order valence-corrected chi connectivity index (χ1v) is 5.75. The van der Waals surface area contributed by atoms with Gasteiger partial charge in [0.05, 0.1) is 6.10 Å². The highest BCUT2D eigenvalue weighted by Crippen LogP contribution is 2.12. The van der Waals surface area contributed by atoms with Gasteiger partial charge in [0.25, 0.3) is 0 Å². The van der Waals surface area contributed by atoms with Gasteiger partial charge in [-0.25, -0.2) is 4.98 Å². The first kappa shape index (κ1) is 12.8. The van der Waals surface area contributed by atoms with E-state index in [0.29, 0.717) is 6.54 Å². The Labute approximate surface area is 97.1 Å². The van der Waals surface area contributed by atoms with E-state index < -0.39 is 0 Å². The highest BCUT2D eigenvalue weighted by atomic mass is 16.3. The van der Waals surface area contributed by atoms with Gasteiger partial charge in [0.2, 0.25) is 0 Å². The standard InChI is InChI=1S/C12H21N3O/c1-4-13-12-7-10(5-6-14-12)15-8-11(16)9(2)3/h5-7,9,11,16H,4,8H2,1-3H3,(H2,13,14,15). The Kier molecular flexibility index (Phi) is 5.05. The Morgan fingerprint density at radius 2 is 2.12 bits per heavy atom. The smallest absolute Gasteiger partial charge is 0.127 e. The van der Waals surface area contributed by atoms with E-state index in [9.17, 15) is 5.11 Å².